The summed E-state index contributed by atoms with van der Waals surface area (Å²) in [6.45, 7) is 6.36. The number of unbranched alkanes of at least 4 members (excludes halogenated alkanes) is 1. The van der Waals surface area contributed by atoms with E-state index < -0.39 is 0 Å². The Morgan fingerprint density at radius 3 is 2.65 bits per heavy atom. The first-order valence-corrected chi connectivity index (χ1v) is 8.04. The van der Waals surface area contributed by atoms with Gasteiger partial charge in [0.05, 0.1) is 13.7 Å². The molecule has 0 unspecified atom stereocenters. The Morgan fingerprint density at radius 1 is 1.22 bits per heavy atom. The number of benzene rings is 1. The van der Waals surface area contributed by atoms with Gasteiger partial charge in [0.1, 0.15) is 0 Å². The van der Waals surface area contributed by atoms with Crippen LogP contribution >= 0.6 is 24.0 Å². The molecule has 0 aromatic heterocycles. The second-order valence-electron chi connectivity index (χ2n) is 5.07. The second kappa shape index (κ2) is 13.3. The number of nitrogens with zero attached hydrogens (tertiary/aromatic N) is 1. The molecule has 3 N–H and O–H groups in total. The van der Waals surface area contributed by atoms with E-state index in [1.54, 1.807) is 7.11 Å². The van der Waals surface area contributed by atoms with Crippen molar-refractivity contribution in [2.24, 2.45) is 10.7 Å². The topological polar surface area (TPSA) is 68.9 Å². The van der Waals surface area contributed by atoms with Gasteiger partial charge in [-0.1, -0.05) is 19.4 Å². The van der Waals surface area contributed by atoms with Crippen LogP contribution in [-0.4, -0.2) is 32.8 Å². The van der Waals surface area contributed by atoms with Crippen molar-refractivity contribution >= 4 is 29.9 Å². The van der Waals surface area contributed by atoms with Gasteiger partial charge < -0.3 is 20.5 Å². The molecule has 0 saturated carbocycles. The molecule has 0 heterocycles. The average molecular weight is 435 g/mol. The zero-order valence-corrected chi connectivity index (χ0v) is 16.8. The fourth-order valence-corrected chi connectivity index (χ4v) is 2.08. The average Bonchev–Trinajstić information content (AvgIpc) is 2.52. The van der Waals surface area contributed by atoms with Crippen LogP contribution in [0.1, 0.15) is 38.7 Å². The maximum absolute atomic E-state index is 5.80. The van der Waals surface area contributed by atoms with Crippen molar-refractivity contribution in [3.63, 3.8) is 0 Å². The van der Waals surface area contributed by atoms with Gasteiger partial charge in [0, 0.05) is 13.1 Å². The quantitative estimate of drug-likeness (QED) is 0.256. The van der Waals surface area contributed by atoms with Crippen LogP contribution in [0.2, 0.25) is 0 Å². The van der Waals surface area contributed by atoms with Crippen LogP contribution in [-0.2, 0) is 6.42 Å². The molecule has 0 aliphatic carbocycles. The Bertz CT molecular complexity index is 467. The number of aliphatic imine (C=N–C) groups is 1. The van der Waals surface area contributed by atoms with Crippen LogP contribution in [0.4, 0.5) is 0 Å². The van der Waals surface area contributed by atoms with Crippen molar-refractivity contribution in [2.45, 2.75) is 39.5 Å². The van der Waals surface area contributed by atoms with Gasteiger partial charge in [-0.25, -0.2) is 0 Å². The molecule has 0 radical (unpaired) electrons. The number of hydrogen-bond donors (Lipinski definition) is 2. The second-order valence-corrected chi connectivity index (χ2v) is 5.07. The van der Waals surface area contributed by atoms with Crippen LogP contribution in [0.15, 0.2) is 23.2 Å². The van der Waals surface area contributed by atoms with Gasteiger partial charge >= 0.3 is 0 Å². The molecular formula is C17H30IN3O2. The molecule has 1 aromatic rings. The van der Waals surface area contributed by atoms with Crippen molar-refractivity contribution in [1.82, 2.24) is 5.32 Å². The lowest BCUT2D eigenvalue weighted by molar-refractivity contribution is 0.310. The summed E-state index contributed by atoms with van der Waals surface area (Å²) in [5, 5.41) is 3.11. The smallest absolute Gasteiger partial charge is 0.188 e. The molecule has 0 atom stereocenters. The molecule has 0 fully saturated rings. The zero-order valence-electron chi connectivity index (χ0n) is 14.4. The fraction of sp³-hybridized carbons (Fsp3) is 0.588. The first-order chi connectivity index (χ1) is 10.7. The van der Waals surface area contributed by atoms with Crippen molar-refractivity contribution in [3.05, 3.63) is 23.8 Å². The van der Waals surface area contributed by atoms with Gasteiger partial charge in [-0.3, -0.25) is 4.99 Å². The highest BCUT2D eigenvalue weighted by Crippen LogP contribution is 2.28. The van der Waals surface area contributed by atoms with Gasteiger partial charge in [0.25, 0.3) is 0 Å². The highest BCUT2D eigenvalue weighted by Gasteiger charge is 2.05. The van der Waals surface area contributed by atoms with Crippen LogP contribution in [0.25, 0.3) is 0 Å². The lowest BCUT2D eigenvalue weighted by Gasteiger charge is -2.11. The summed E-state index contributed by atoms with van der Waals surface area (Å²) >= 11 is 0. The Kier molecular flexibility index (Phi) is 12.6. The van der Waals surface area contributed by atoms with Gasteiger partial charge in [0.15, 0.2) is 17.5 Å². The highest BCUT2D eigenvalue weighted by atomic mass is 127. The van der Waals surface area contributed by atoms with Gasteiger partial charge in [-0.05, 0) is 43.9 Å². The third-order valence-corrected chi connectivity index (χ3v) is 3.27. The van der Waals surface area contributed by atoms with Crippen LogP contribution in [0.5, 0.6) is 11.5 Å². The Balaban J connectivity index is 0.00000484. The molecule has 5 nitrogen and oxygen atoms in total. The predicted molar refractivity (Wildman–Crippen MR) is 107 cm³/mol. The number of nitrogens with two attached hydrogens (primary N) is 1. The molecule has 1 rings (SSSR count). The lowest BCUT2D eigenvalue weighted by atomic mass is 10.1. The van der Waals surface area contributed by atoms with Gasteiger partial charge in [-0.15, -0.1) is 24.0 Å². The number of methoxy groups -OCH3 is 1. The van der Waals surface area contributed by atoms with Gasteiger partial charge in [-0.2, -0.15) is 0 Å². The predicted octanol–water partition coefficient (Wildman–Crippen LogP) is 3.35. The van der Waals surface area contributed by atoms with Crippen LogP contribution in [0.3, 0.4) is 0 Å². The van der Waals surface area contributed by atoms with Gasteiger partial charge in [0.2, 0.25) is 0 Å². The zero-order chi connectivity index (χ0) is 16.2. The summed E-state index contributed by atoms with van der Waals surface area (Å²) in [5.41, 5.74) is 7.02. The van der Waals surface area contributed by atoms with E-state index >= 15 is 0 Å². The first-order valence-electron chi connectivity index (χ1n) is 8.04. The van der Waals surface area contributed by atoms with E-state index in [2.05, 4.69) is 23.3 Å². The molecule has 6 heteroatoms. The number of rotatable bonds is 10. The molecular weight excluding hydrogens is 405 g/mol. The van der Waals surface area contributed by atoms with E-state index in [0.717, 1.165) is 50.3 Å². The van der Waals surface area contributed by atoms with E-state index in [4.69, 9.17) is 15.2 Å². The minimum Gasteiger partial charge on any atom is -0.493 e. The summed E-state index contributed by atoms with van der Waals surface area (Å²) in [4.78, 5) is 4.33. The number of nitrogens with one attached hydrogen (secondary N) is 1. The Hall–Kier alpha value is -1.18. The lowest BCUT2D eigenvalue weighted by Crippen LogP contribution is -2.32. The number of aryl methyl sites for hydroxylation is 1. The molecule has 0 saturated heterocycles. The normalized spacial score (nSPS) is 10.8. The maximum Gasteiger partial charge on any atom is 0.188 e. The maximum atomic E-state index is 5.80. The minimum atomic E-state index is 0. The van der Waals surface area contributed by atoms with Crippen molar-refractivity contribution in [3.8, 4) is 11.5 Å². The number of hydrogen-bond acceptors (Lipinski definition) is 3. The molecule has 0 aliphatic heterocycles. The van der Waals surface area contributed by atoms with Crippen molar-refractivity contribution in [1.29, 1.82) is 0 Å². The third-order valence-electron chi connectivity index (χ3n) is 3.27. The van der Waals surface area contributed by atoms with Crippen LogP contribution < -0.4 is 20.5 Å². The SMILES string of the molecule is CCCCNC(N)=NCCCc1ccc(OC)c(OCC)c1.I. The summed E-state index contributed by atoms with van der Waals surface area (Å²) in [6, 6.07) is 6.05. The van der Waals surface area contributed by atoms with Crippen molar-refractivity contribution in [2.75, 3.05) is 26.8 Å². The molecule has 0 amide bonds. The molecule has 1 aromatic carbocycles. The van der Waals surface area contributed by atoms with E-state index in [1.165, 1.54) is 5.56 Å². The van der Waals surface area contributed by atoms with Crippen LogP contribution in [0, 0.1) is 0 Å². The molecule has 0 spiro atoms. The standard InChI is InChI=1S/C17H29N3O2.HI/c1-4-6-11-19-17(18)20-12-7-8-14-9-10-15(21-3)16(13-14)22-5-2;/h9-10,13H,4-8,11-12H2,1-3H3,(H3,18,19,20);1H. The van der Waals surface area contributed by atoms with E-state index in [9.17, 15) is 0 Å². The number of ether oxygens (including phenoxy) is 2. The summed E-state index contributed by atoms with van der Waals surface area (Å²) in [7, 11) is 1.65. The fourth-order valence-electron chi connectivity index (χ4n) is 2.08. The first kappa shape index (κ1) is 21.8. The molecule has 132 valence electrons. The monoisotopic (exact) mass is 435 g/mol. The summed E-state index contributed by atoms with van der Waals surface area (Å²) < 4.78 is 10.9. The summed E-state index contributed by atoms with van der Waals surface area (Å²) in [5.74, 6) is 2.11. The number of guanidine groups is 1. The molecule has 0 bridgehead atoms. The molecule has 23 heavy (non-hydrogen) atoms. The molecule has 0 aliphatic rings. The largest absolute Gasteiger partial charge is 0.493 e. The Labute approximate surface area is 157 Å². The van der Waals surface area contributed by atoms with E-state index in [0.29, 0.717) is 12.6 Å². The highest BCUT2D eigenvalue weighted by molar-refractivity contribution is 14.0. The third kappa shape index (κ3) is 8.88. The number of halogens is 1. The Morgan fingerprint density at radius 2 is 2.00 bits per heavy atom. The minimum absolute atomic E-state index is 0. The van der Waals surface area contributed by atoms with Crippen molar-refractivity contribution < 1.29 is 9.47 Å². The summed E-state index contributed by atoms with van der Waals surface area (Å²) in [6.07, 6.45) is 4.16. The van der Waals surface area contributed by atoms with E-state index in [1.807, 2.05) is 19.1 Å². The van der Waals surface area contributed by atoms with E-state index in [-0.39, 0.29) is 24.0 Å².